The number of hydrogen-bond donors (Lipinski definition) is 2. The van der Waals surface area contributed by atoms with Crippen LogP contribution in [0.15, 0.2) is 18.2 Å². The summed E-state index contributed by atoms with van der Waals surface area (Å²) in [5, 5.41) is 13.1. The van der Waals surface area contributed by atoms with Gasteiger partial charge in [-0.15, -0.1) is 0 Å². The van der Waals surface area contributed by atoms with Crippen molar-refractivity contribution in [2.45, 2.75) is 51.2 Å². The van der Waals surface area contributed by atoms with Crippen molar-refractivity contribution >= 4 is 5.91 Å². The first-order valence-electron chi connectivity index (χ1n) is 8.40. The van der Waals surface area contributed by atoms with Gasteiger partial charge in [-0.2, -0.15) is 0 Å². The van der Waals surface area contributed by atoms with E-state index in [0.29, 0.717) is 19.4 Å². The molecule has 1 amide bonds. The van der Waals surface area contributed by atoms with Gasteiger partial charge in [0.1, 0.15) is 17.2 Å². The quantitative estimate of drug-likeness (QED) is 0.836. The highest BCUT2D eigenvalue weighted by atomic mass is 19.1. The molecular formula is C18H25F2NO3. The second-order valence-electron chi connectivity index (χ2n) is 6.62. The number of nitrogens with one attached hydrogen (secondary N) is 1. The summed E-state index contributed by atoms with van der Waals surface area (Å²) in [7, 11) is 0. The summed E-state index contributed by atoms with van der Waals surface area (Å²) in [4.78, 5) is 12.3. The molecule has 3 unspecified atom stereocenters. The van der Waals surface area contributed by atoms with Gasteiger partial charge in [0, 0.05) is 24.2 Å². The fourth-order valence-electron chi connectivity index (χ4n) is 3.07. The highest BCUT2D eigenvalue weighted by molar-refractivity contribution is 5.78. The SMILES string of the molecule is CCCC1CC(C(=O)NCC(C)(O)c2ccc(F)cc2F)CCO1. The normalized spacial score (nSPS) is 23.5. The molecule has 0 aliphatic carbocycles. The molecule has 1 saturated heterocycles. The van der Waals surface area contributed by atoms with Gasteiger partial charge in [-0.05, 0) is 32.3 Å². The molecule has 1 aliphatic heterocycles. The summed E-state index contributed by atoms with van der Waals surface area (Å²) in [5.74, 6) is -1.87. The second-order valence-corrected chi connectivity index (χ2v) is 6.62. The van der Waals surface area contributed by atoms with Gasteiger partial charge in [0.05, 0.1) is 12.6 Å². The largest absolute Gasteiger partial charge is 0.383 e. The Bertz CT molecular complexity index is 575. The summed E-state index contributed by atoms with van der Waals surface area (Å²) in [6.45, 7) is 3.88. The van der Waals surface area contributed by atoms with Crippen molar-refractivity contribution in [3.05, 3.63) is 35.4 Å². The lowest BCUT2D eigenvalue weighted by Gasteiger charge is -2.30. The number of rotatable bonds is 6. The number of hydrogen-bond acceptors (Lipinski definition) is 3. The first kappa shape index (κ1) is 18.8. The first-order valence-corrected chi connectivity index (χ1v) is 8.40. The van der Waals surface area contributed by atoms with Gasteiger partial charge in [0.25, 0.3) is 0 Å². The molecule has 1 aromatic carbocycles. The number of carbonyl (C=O) groups is 1. The Balaban J connectivity index is 1.94. The van der Waals surface area contributed by atoms with Crippen molar-refractivity contribution in [1.29, 1.82) is 0 Å². The third-order valence-corrected chi connectivity index (χ3v) is 4.47. The Hall–Kier alpha value is -1.53. The van der Waals surface area contributed by atoms with Gasteiger partial charge in [-0.3, -0.25) is 4.79 Å². The number of aliphatic hydroxyl groups is 1. The maximum Gasteiger partial charge on any atom is 0.223 e. The Morgan fingerprint density at radius 2 is 2.21 bits per heavy atom. The predicted octanol–water partition coefficient (Wildman–Crippen LogP) is 2.88. The van der Waals surface area contributed by atoms with Crippen molar-refractivity contribution in [2.24, 2.45) is 5.92 Å². The van der Waals surface area contributed by atoms with Crippen LogP contribution in [0.1, 0.15) is 45.1 Å². The van der Waals surface area contributed by atoms with Crippen LogP contribution in [0.2, 0.25) is 0 Å². The lowest BCUT2D eigenvalue weighted by atomic mass is 9.91. The van der Waals surface area contributed by atoms with E-state index < -0.39 is 17.2 Å². The molecule has 1 heterocycles. The molecule has 2 rings (SSSR count). The molecule has 0 spiro atoms. The fourth-order valence-corrected chi connectivity index (χ4v) is 3.07. The zero-order valence-electron chi connectivity index (χ0n) is 14.1. The van der Waals surface area contributed by atoms with Gasteiger partial charge in [0.15, 0.2) is 0 Å². The van der Waals surface area contributed by atoms with Crippen LogP contribution in [0, 0.1) is 17.6 Å². The van der Waals surface area contributed by atoms with E-state index in [1.807, 2.05) is 0 Å². The zero-order chi connectivity index (χ0) is 17.7. The van der Waals surface area contributed by atoms with E-state index >= 15 is 0 Å². The minimum Gasteiger partial charge on any atom is -0.383 e. The minimum absolute atomic E-state index is 0.0416. The van der Waals surface area contributed by atoms with E-state index in [4.69, 9.17) is 4.74 Å². The van der Waals surface area contributed by atoms with E-state index in [0.717, 1.165) is 25.0 Å². The summed E-state index contributed by atoms with van der Waals surface area (Å²) in [6.07, 6.45) is 3.31. The standard InChI is InChI=1S/C18H25F2NO3/c1-3-4-14-9-12(7-8-24-14)17(22)21-11-18(2,23)15-6-5-13(19)10-16(15)20/h5-6,10,12,14,23H,3-4,7-9,11H2,1-2H3,(H,21,22). The van der Waals surface area contributed by atoms with Crippen molar-refractivity contribution in [1.82, 2.24) is 5.32 Å². The Kier molecular flexibility index (Phi) is 6.29. The van der Waals surface area contributed by atoms with E-state index in [1.54, 1.807) is 0 Å². The van der Waals surface area contributed by atoms with E-state index in [-0.39, 0.29) is 30.0 Å². The van der Waals surface area contributed by atoms with Gasteiger partial charge in [-0.1, -0.05) is 19.4 Å². The Morgan fingerprint density at radius 3 is 2.88 bits per heavy atom. The summed E-state index contributed by atoms with van der Waals surface area (Å²) < 4.78 is 32.4. The molecule has 4 nitrogen and oxygen atoms in total. The van der Waals surface area contributed by atoms with Gasteiger partial charge >= 0.3 is 0 Å². The molecule has 0 aromatic heterocycles. The van der Waals surface area contributed by atoms with Crippen molar-refractivity contribution < 1.29 is 23.4 Å². The van der Waals surface area contributed by atoms with Crippen LogP contribution >= 0.6 is 0 Å². The molecule has 24 heavy (non-hydrogen) atoms. The molecule has 1 aliphatic rings. The maximum atomic E-state index is 13.8. The second kappa shape index (κ2) is 8.03. The molecule has 6 heteroatoms. The highest BCUT2D eigenvalue weighted by Crippen LogP contribution is 2.26. The van der Waals surface area contributed by atoms with Gasteiger partial charge in [0.2, 0.25) is 5.91 Å². The number of carbonyl (C=O) groups excluding carboxylic acids is 1. The van der Waals surface area contributed by atoms with Crippen LogP contribution in [-0.4, -0.2) is 30.3 Å². The molecular weight excluding hydrogens is 316 g/mol. The topological polar surface area (TPSA) is 58.6 Å². The van der Waals surface area contributed by atoms with E-state index in [1.165, 1.54) is 13.0 Å². The van der Waals surface area contributed by atoms with Crippen LogP contribution in [0.5, 0.6) is 0 Å². The van der Waals surface area contributed by atoms with Crippen LogP contribution in [0.25, 0.3) is 0 Å². The van der Waals surface area contributed by atoms with Gasteiger partial charge in [-0.25, -0.2) is 8.78 Å². The minimum atomic E-state index is -1.61. The number of ether oxygens (including phenoxy) is 1. The average molecular weight is 341 g/mol. The number of amides is 1. The van der Waals surface area contributed by atoms with Crippen LogP contribution in [-0.2, 0) is 15.1 Å². The number of benzene rings is 1. The molecule has 1 aromatic rings. The Morgan fingerprint density at radius 1 is 1.46 bits per heavy atom. The molecule has 3 atom stereocenters. The third-order valence-electron chi connectivity index (χ3n) is 4.47. The van der Waals surface area contributed by atoms with Crippen molar-refractivity contribution in [2.75, 3.05) is 13.2 Å². The van der Waals surface area contributed by atoms with Crippen LogP contribution in [0.4, 0.5) is 8.78 Å². The molecule has 0 bridgehead atoms. The Labute approximate surface area is 141 Å². The summed E-state index contributed by atoms with van der Waals surface area (Å²) in [5.41, 5.74) is -1.65. The smallest absolute Gasteiger partial charge is 0.223 e. The van der Waals surface area contributed by atoms with Crippen LogP contribution < -0.4 is 5.32 Å². The van der Waals surface area contributed by atoms with E-state index in [2.05, 4.69) is 12.2 Å². The van der Waals surface area contributed by atoms with Gasteiger partial charge < -0.3 is 15.2 Å². The maximum absolute atomic E-state index is 13.8. The first-order chi connectivity index (χ1) is 11.3. The molecule has 0 radical (unpaired) electrons. The van der Waals surface area contributed by atoms with Crippen molar-refractivity contribution in [3.63, 3.8) is 0 Å². The summed E-state index contributed by atoms with van der Waals surface area (Å²) in [6, 6.07) is 3.00. The molecule has 134 valence electrons. The van der Waals surface area contributed by atoms with Crippen molar-refractivity contribution in [3.8, 4) is 0 Å². The monoisotopic (exact) mass is 341 g/mol. The lowest BCUT2D eigenvalue weighted by Crippen LogP contribution is -2.43. The van der Waals surface area contributed by atoms with E-state index in [9.17, 15) is 18.7 Å². The predicted molar refractivity (Wildman–Crippen MR) is 86.3 cm³/mol. The number of halogens is 2. The average Bonchev–Trinajstić information content (AvgIpc) is 2.53. The van der Waals surface area contributed by atoms with Crippen LogP contribution in [0.3, 0.4) is 0 Å². The molecule has 0 saturated carbocycles. The lowest BCUT2D eigenvalue weighted by molar-refractivity contribution is -0.131. The molecule has 1 fully saturated rings. The molecule has 2 N–H and O–H groups in total. The highest BCUT2D eigenvalue weighted by Gasteiger charge is 2.31. The zero-order valence-corrected chi connectivity index (χ0v) is 14.1. The third kappa shape index (κ3) is 4.74. The summed E-state index contributed by atoms with van der Waals surface area (Å²) >= 11 is 0. The fraction of sp³-hybridized carbons (Fsp3) is 0.611.